The van der Waals surface area contributed by atoms with E-state index in [2.05, 4.69) is 10.3 Å². The van der Waals surface area contributed by atoms with Crippen LogP contribution >= 0.6 is 24.8 Å². The Bertz CT molecular complexity index is 534. The van der Waals surface area contributed by atoms with Gasteiger partial charge in [0.2, 0.25) is 5.88 Å². The van der Waals surface area contributed by atoms with E-state index in [4.69, 9.17) is 9.47 Å². The van der Waals surface area contributed by atoms with Crippen molar-refractivity contribution in [3.63, 3.8) is 0 Å². The van der Waals surface area contributed by atoms with Crippen LogP contribution < -0.4 is 10.1 Å². The third-order valence-electron chi connectivity index (χ3n) is 5.10. The molecular weight excluding hydrogens is 379 g/mol. The number of aromatic nitrogens is 1. The van der Waals surface area contributed by atoms with Gasteiger partial charge in [-0.15, -0.1) is 24.8 Å². The van der Waals surface area contributed by atoms with Crippen LogP contribution in [0.3, 0.4) is 0 Å². The maximum atomic E-state index is 10.0. The first kappa shape index (κ1) is 23.4. The van der Waals surface area contributed by atoms with Crippen molar-refractivity contribution in [2.75, 3.05) is 26.4 Å². The van der Waals surface area contributed by atoms with Gasteiger partial charge in [-0.3, -0.25) is 0 Å². The standard InChI is InChI=1S/C18H28N2O4.2ClH/c1-13-3-2-4-17(20-13)24-12-18(9-15(21)16(22)10-18)11-19-14-5-7-23-8-6-14;;/h2-4,14-16,19,21-22H,5-12H2,1H3;2*1H/t15-,16+,18?;;. The van der Waals surface area contributed by atoms with E-state index in [1.54, 1.807) is 0 Å². The van der Waals surface area contributed by atoms with Gasteiger partial charge in [0, 0.05) is 43.0 Å². The van der Waals surface area contributed by atoms with E-state index < -0.39 is 12.2 Å². The van der Waals surface area contributed by atoms with Gasteiger partial charge < -0.3 is 25.0 Å². The largest absolute Gasteiger partial charge is 0.477 e. The molecule has 1 aliphatic heterocycles. The van der Waals surface area contributed by atoms with Crippen LogP contribution in [0.15, 0.2) is 18.2 Å². The Morgan fingerprint density at radius 2 is 1.85 bits per heavy atom. The summed E-state index contributed by atoms with van der Waals surface area (Å²) in [7, 11) is 0. The lowest BCUT2D eigenvalue weighted by atomic mass is 9.86. The Morgan fingerprint density at radius 1 is 1.19 bits per heavy atom. The lowest BCUT2D eigenvalue weighted by molar-refractivity contribution is 0.0438. The summed E-state index contributed by atoms with van der Waals surface area (Å²) in [6, 6.07) is 6.12. The number of aryl methyl sites for hydroxylation is 1. The number of pyridine rings is 1. The number of nitrogens with zero attached hydrogens (tertiary/aromatic N) is 1. The van der Waals surface area contributed by atoms with Crippen molar-refractivity contribution in [2.45, 2.75) is 50.9 Å². The second-order valence-electron chi connectivity index (χ2n) is 7.22. The molecule has 2 aliphatic rings. The quantitative estimate of drug-likeness (QED) is 0.666. The molecule has 1 saturated carbocycles. The number of nitrogens with one attached hydrogen (secondary N) is 1. The molecule has 1 aliphatic carbocycles. The summed E-state index contributed by atoms with van der Waals surface area (Å²) in [5.41, 5.74) is 0.635. The van der Waals surface area contributed by atoms with E-state index in [0.29, 0.717) is 31.4 Å². The molecule has 1 aromatic rings. The predicted octanol–water partition coefficient (Wildman–Crippen LogP) is 1.88. The Kier molecular flexibility index (Phi) is 9.58. The lowest BCUT2D eigenvalue weighted by Crippen LogP contribution is -2.44. The highest BCUT2D eigenvalue weighted by molar-refractivity contribution is 5.85. The number of rotatable bonds is 6. The highest BCUT2D eigenvalue weighted by atomic mass is 35.5. The fourth-order valence-corrected chi connectivity index (χ4v) is 3.64. The summed E-state index contributed by atoms with van der Waals surface area (Å²) >= 11 is 0. The van der Waals surface area contributed by atoms with E-state index in [1.165, 1.54) is 0 Å². The maximum absolute atomic E-state index is 10.0. The zero-order valence-electron chi connectivity index (χ0n) is 15.1. The first-order valence-corrected chi connectivity index (χ1v) is 8.80. The average molecular weight is 409 g/mol. The molecular formula is C18H30Cl2N2O4. The zero-order valence-corrected chi connectivity index (χ0v) is 16.7. The molecule has 26 heavy (non-hydrogen) atoms. The summed E-state index contributed by atoms with van der Waals surface area (Å²) in [5, 5.41) is 23.7. The molecule has 0 spiro atoms. The number of ether oxygens (including phenoxy) is 2. The minimum Gasteiger partial charge on any atom is -0.477 e. The molecule has 0 aromatic carbocycles. The molecule has 2 fully saturated rings. The average Bonchev–Trinajstić information content (AvgIpc) is 2.87. The number of aliphatic hydroxyl groups excluding tert-OH is 2. The van der Waals surface area contributed by atoms with Crippen LogP contribution in [0.4, 0.5) is 0 Å². The normalized spacial score (nSPS) is 28.9. The Balaban J connectivity index is 0.00000169. The van der Waals surface area contributed by atoms with Gasteiger partial charge in [-0.05, 0) is 38.7 Å². The summed E-state index contributed by atoms with van der Waals surface area (Å²) in [6.07, 6.45) is 1.71. The number of hydrogen-bond acceptors (Lipinski definition) is 6. The maximum Gasteiger partial charge on any atom is 0.213 e. The van der Waals surface area contributed by atoms with Crippen LogP contribution in [-0.4, -0.2) is 59.8 Å². The number of aliphatic hydroxyl groups is 2. The first-order chi connectivity index (χ1) is 11.6. The van der Waals surface area contributed by atoms with E-state index in [0.717, 1.165) is 38.3 Å². The Hall–Kier alpha value is -0.630. The molecule has 3 rings (SSSR count). The van der Waals surface area contributed by atoms with Crippen molar-refractivity contribution in [3.8, 4) is 5.88 Å². The van der Waals surface area contributed by atoms with Gasteiger partial charge >= 0.3 is 0 Å². The van der Waals surface area contributed by atoms with Gasteiger partial charge in [-0.2, -0.15) is 0 Å². The molecule has 150 valence electrons. The van der Waals surface area contributed by atoms with E-state index in [1.807, 2.05) is 25.1 Å². The summed E-state index contributed by atoms with van der Waals surface area (Å²) < 4.78 is 11.3. The molecule has 8 heteroatoms. The zero-order chi connectivity index (χ0) is 17.0. The van der Waals surface area contributed by atoms with Crippen molar-refractivity contribution < 1.29 is 19.7 Å². The van der Waals surface area contributed by atoms with Gasteiger partial charge in [0.1, 0.15) is 0 Å². The SMILES string of the molecule is Cc1cccc(OCC2(CNC3CCOCC3)C[C@@H](O)[C@@H](O)C2)n1.Cl.Cl. The second-order valence-corrected chi connectivity index (χ2v) is 7.22. The minimum atomic E-state index is -0.685. The highest BCUT2D eigenvalue weighted by Crippen LogP contribution is 2.38. The van der Waals surface area contributed by atoms with E-state index in [-0.39, 0.29) is 30.2 Å². The first-order valence-electron chi connectivity index (χ1n) is 8.80. The van der Waals surface area contributed by atoms with Gasteiger partial charge in [0.15, 0.2) is 0 Å². The van der Waals surface area contributed by atoms with Crippen LogP contribution in [0.25, 0.3) is 0 Å². The fraction of sp³-hybridized carbons (Fsp3) is 0.722. The van der Waals surface area contributed by atoms with Crippen LogP contribution in [0.2, 0.25) is 0 Å². The van der Waals surface area contributed by atoms with Crippen molar-refractivity contribution in [2.24, 2.45) is 5.41 Å². The topological polar surface area (TPSA) is 83.8 Å². The smallest absolute Gasteiger partial charge is 0.213 e. The molecule has 3 atom stereocenters. The number of halogens is 2. The second kappa shape index (κ2) is 10.6. The Morgan fingerprint density at radius 3 is 2.46 bits per heavy atom. The molecule has 0 bridgehead atoms. The van der Waals surface area contributed by atoms with Crippen LogP contribution in [0, 0.1) is 12.3 Å². The van der Waals surface area contributed by atoms with Crippen molar-refractivity contribution in [1.29, 1.82) is 0 Å². The van der Waals surface area contributed by atoms with Gasteiger partial charge in [-0.25, -0.2) is 4.98 Å². The van der Waals surface area contributed by atoms with Gasteiger partial charge in [0.25, 0.3) is 0 Å². The molecule has 2 heterocycles. The van der Waals surface area contributed by atoms with Gasteiger partial charge in [-0.1, -0.05) is 6.07 Å². The van der Waals surface area contributed by atoms with Crippen molar-refractivity contribution in [3.05, 3.63) is 23.9 Å². The number of hydrogen-bond donors (Lipinski definition) is 3. The predicted molar refractivity (Wildman–Crippen MR) is 104 cm³/mol. The van der Waals surface area contributed by atoms with E-state index >= 15 is 0 Å². The molecule has 1 saturated heterocycles. The molecule has 1 aromatic heterocycles. The third-order valence-corrected chi connectivity index (χ3v) is 5.10. The lowest BCUT2D eigenvalue weighted by Gasteiger charge is -2.32. The van der Waals surface area contributed by atoms with Gasteiger partial charge in [0.05, 0.1) is 18.8 Å². The molecule has 1 unspecified atom stereocenters. The summed E-state index contributed by atoms with van der Waals surface area (Å²) in [5.74, 6) is 0.594. The molecule has 0 amide bonds. The monoisotopic (exact) mass is 408 g/mol. The summed E-state index contributed by atoms with van der Waals surface area (Å²) in [4.78, 5) is 4.37. The molecule has 3 N–H and O–H groups in total. The summed E-state index contributed by atoms with van der Waals surface area (Å²) in [6.45, 7) is 4.67. The van der Waals surface area contributed by atoms with Crippen molar-refractivity contribution >= 4 is 24.8 Å². The third kappa shape index (κ3) is 6.22. The van der Waals surface area contributed by atoms with Crippen molar-refractivity contribution in [1.82, 2.24) is 10.3 Å². The fourth-order valence-electron chi connectivity index (χ4n) is 3.64. The minimum absolute atomic E-state index is 0. The highest BCUT2D eigenvalue weighted by Gasteiger charge is 2.45. The van der Waals surface area contributed by atoms with E-state index in [9.17, 15) is 10.2 Å². The molecule has 6 nitrogen and oxygen atoms in total. The van der Waals surface area contributed by atoms with Crippen LogP contribution in [-0.2, 0) is 4.74 Å². The van der Waals surface area contributed by atoms with Crippen LogP contribution in [0.1, 0.15) is 31.4 Å². The van der Waals surface area contributed by atoms with Crippen LogP contribution in [0.5, 0.6) is 5.88 Å². The molecule has 0 radical (unpaired) electrons. The Labute approximate surface area is 167 Å².